The number of aromatic nitrogens is 2. The van der Waals surface area contributed by atoms with Gasteiger partial charge in [0.2, 0.25) is 0 Å². The van der Waals surface area contributed by atoms with E-state index in [9.17, 15) is 18.0 Å². The smallest absolute Gasteiger partial charge is 0.422 e. The highest BCUT2D eigenvalue weighted by Crippen LogP contribution is 2.28. The van der Waals surface area contributed by atoms with E-state index in [1.165, 1.54) is 12.1 Å². The fourth-order valence-corrected chi connectivity index (χ4v) is 2.61. The molecule has 142 valence electrons. The standard InChI is InChI=1S/C16H17F3N4O2.ClH/c1-9-2-3-12(13(6-9)25-8-16(17,18)19)21-15(24)14-10-7-20-5-4-11(10)22-23-14;/h2-3,6,20H,4-5,7-8H2,1H3,(H,21,24)(H,22,23);1H. The minimum Gasteiger partial charge on any atom is -0.482 e. The first-order valence-corrected chi connectivity index (χ1v) is 7.72. The van der Waals surface area contributed by atoms with Gasteiger partial charge in [0, 0.05) is 30.8 Å². The summed E-state index contributed by atoms with van der Waals surface area (Å²) in [6.45, 7) is 1.60. The first-order valence-electron chi connectivity index (χ1n) is 7.72. The van der Waals surface area contributed by atoms with Crippen LogP contribution >= 0.6 is 12.4 Å². The van der Waals surface area contributed by atoms with Crippen molar-refractivity contribution in [3.63, 3.8) is 0 Å². The number of aryl methyl sites for hydroxylation is 1. The number of nitrogens with zero attached hydrogens (tertiary/aromatic N) is 1. The number of fused-ring (bicyclic) bond motifs is 1. The third-order valence-electron chi connectivity index (χ3n) is 3.80. The topological polar surface area (TPSA) is 79.0 Å². The maximum atomic E-state index is 12.5. The molecule has 3 rings (SSSR count). The summed E-state index contributed by atoms with van der Waals surface area (Å²) in [4.78, 5) is 12.5. The van der Waals surface area contributed by atoms with Crippen LogP contribution in [0.25, 0.3) is 0 Å². The van der Waals surface area contributed by atoms with E-state index in [0.717, 1.165) is 29.8 Å². The van der Waals surface area contributed by atoms with Gasteiger partial charge in [-0.3, -0.25) is 9.89 Å². The molecule has 0 unspecified atom stereocenters. The summed E-state index contributed by atoms with van der Waals surface area (Å²) in [5.74, 6) is -0.532. The van der Waals surface area contributed by atoms with Crippen molar-refractivity contribution in [2.45, 2.75) is 26.1 Å². The van der Waals surface area contributed by atoms with Crippen molar-refractivity contribution in [2.75, 3.05) is 18.5 Å². The van der Waals surface area contributed by atoms with Gasteiger partial charge in [-0.15, -0.1) is 12.4 Å². The van der Waals surface area contributed by atoms with Gasteiger partial charge in [0.15, 0.2) is 12.3 Å². The lowest BCUT2D eigenvalue weighted by Gasteiger charge is -2.15. The molecule has 0 spiro atoms. The van der Waals surface area contributed by atoms with Crippen molar-refractivity contribution < 1.29 is 22.7 Å². The minimum absolute atomic E-state index is 0. The Morgan fingerprint density at radius 2 is 2.15 bits per heavy atom. The number of aromatic amines is 1. The van der Waals surface area contributed by atoms with Crippen LogP contribution in [-0.2, 0) is 13.0 Å². The van der Waals surface area contributed by atoms with Gasteiger partial charge in [0.1, 0.15) is 5.75 Å². The Hall–Kier alpha value is -2.26. The number of benzene rings is 1. The number of halogens is 4. The van der Waals surface area contributed by atoms with E-state index in [1.807, 2.05) is 0 Å². The van der Waals surface area contributed by atoms with E-state index in [2.05, 4.69) is 20.8 Å². The van der Waals surface area contributed by atoms with Gasteiger partial charge in [-0.1, -0.05) is 6.07 Å². The maximum Gasteiger partial charge on any atom is 0.422 e. The monoisotopic (exact) mass is 390 g/mol. The van der Waals surface area contributed by atoms with Crippen LogP contribution in [0.1, 0.15) is 27.3 Å². The van der Waals surface area contributed by atoms with Gasteiger partial charge < -0.3 is 15.4 Å². The molecule has 0 aliphatic carbocycles. The van der Waals surface area contributed by atoms with Gasteiger partial charge in [0.05, 0.1) is 5.69 Å². The third kappa shape index (κ3) is 4.67. The van der Waals surface area contributed by atoms with Gasteiger partial charge in [-0.05, 0) is 24.6 Å². The van der Waals surface area contributed by atoms with Crippen LogP contribution in [0.5, 0.6) is 5.75 Å². The first-order chi connectivity index (χ1) is 11.8. The van der Waals surface area contributed by atoms with Crippen LogP contribution in [0, 0.1) is 6.92 Å². The Morgan fingerprint density at radius 3 is 2.88 bits per heavy atom. The summed E-state index contributed by atoms with van der Waals surface area (Å²) in [5.41, 5.74) is 2.77. The predicted octanol–water partition coefficient (Wildman–Crippen LogP) is 2.98. The fraction of sp³-hybridized carbons (Fsp3) is 0.375. The summed E-state index contributed by atoms with van der Waals surface area (Å²) in [5, 5.41) is 12.6. The minimum atomic E-state index is -4.46. The Balaban J connectivity index is 0.00000243. The largest absolute Gasteiger partial charge is 0.482 e. The van der Waals surface area contributed by atoms with Crippen molar-refractivity contribution in [3.8, 4) is 5.75 Å². The van der Waals surface area contributed by atoms with Crippen LogP contribution in [0.15, 0.2) is 18.2 Å². The number of rotatable bonds is 4. The van der Waals surface area contributed by atoms with E-state index in [4.69, 9.17) is 4.74 Å². The number of alkyl halides is 3. The molecule has 1 aromatic heterocycles. The second-order valence-corrected chi connectivity index (χ2v) is 5.81. The molecule has 0 saturated heterocycles. The fourth-order valence-electron chi connectivity index (χ4n) is 2.61. The molecular weight excluding hydrogens is 373 g/mol. The zero-order chi connectivity index (χ0) is 18.0. The molecule has 2 heterocycles. The molecule has 1 aliphatic rings. The summed E-state index contributed by atoms with van der Waals surface area (Å²) >= 11 is 0. The molecule has 2 aromatic rings. The van der Waals surface area contributed by atoms with Crippen molar-refractivity contribution in [3.05, 3.63) is 40.7 Å². The number of nitrogens with one attached hydrogen (secondary N) is 3. The Morgan fingerprint density at radius 1 is 1.38 bits per heavy atom. The summed E-state index contributed by atoms with van der Waals surface area (Å²) in [6.07, 6.45) is -3.72. The number of anilines is 1. The number of carbonyl (C=O) groups excluding carboxylic acids is 1. The third-order valence-corrected chi connectivity index (χ3v) is 3.80. The second kappa shape index (κ2) is 7.96. The first kappa shape index (κ1) is 20.1. The highest BCUT2D eigenvalue weighted by Gasteiger charge is 2.29. The van der Waals surface area contributed by atoms with Crippen molar-refractivity contribution in [2.24, 2.45) is 0 Å². The number of amides is 1. The van der Waals surface area contributed by atoms with E-state index in [0.29, 0.717) is 6.54 Å². The van der Waals surface area contributed by atoms with Crippen LogP contribution < -0.4 is 15.4 Å². The predicted molar refractivity (Wildman–Crippen MR) is 91.9 cm³/mol. The van der Waals surface area contributed by atoms with E-state index >= 15 is 0 Å². The van der Waals surface area contributed by atoms with E-state index < -0.39 is 18.7 Å². The molecule has 0 atom stereocenters. The van der Waals surface area contributed by atoms with Gasteiger partial charge in [-0.2, -0.15) is 18.3 Å². The quantitative estimate of drug-likeness (QED) is 0.750. The molecule has 0 bridgehead atoms. The molecule has 0 fully saturated rings. The molecule has 1 aromatic carbocycles. The number of ether oxygens (including phenoxy) is 1. The Kier molecular flexibility index (Phi) is 6.14. The van der Waals surface area contributed by atoms with Gasteiger partial charge >= 0.3 is 6.18 Å². The maximum absolute atomic E-state index is 12.5. The normalized spacial score (nSPS) is 13.5. The Labute approximate surface area is 153 Å². The zero-order valence-corrected chi connectivity index (χ0v) is 14.7. The lowest BCUT2D eigenvalue weighted by molar-refractivity contribution is -0.153. The summed E-state index contributed by atoms with van der Waals surface area (Å²) in [7, 11) is 0. The highest BCUT2D eigenvalue weighted by atomic mass is 35.5. The number of hydrogen-bond acceptors (Lipinski definition) is 4. The van der Waals surface area contributed by atoms with Crippen LogP contribution in [0.3, 0.4) is 0 Å². The molecular formula is C16H18ClF3N4O2. The molecule has 0 saturated carbocycles. The SMILES string of the molecule is Cc1ccc(NC(=O)c2n[nH]c3c2CNCC3)c(OCC(F)(F)F)c1.Cl. The molecule has 26 heavy (non-hydrogen) atoms. The van der Waals surface area contributed by atoms with Gasteiger partial charge in [-0.25, -0.2) is 0 Å². The zero-order valence-electron chi connectivity index (χ0n) is 13.9. The van der Waals surface area contributed by atoms with Crippen LogP contribution in [-0.4, -0.2) is 35.4 Å². The van der Waals surface area contributed by atoms with Crippen molar-refractivity contribution >= 4 is 24.0 Å². The van der Waals surface area contributed by atoms with E-state index in [1.54, 1.807) is 13.0 Å². The van der Waals surface area contributed by atoms with Crippen LogP contribution in [0.2, 0.25) is 0 Å². The van der Waals surface area contributed by atoms with Crippen molar-refractivity contribution in [1.29, 1.82) is 0 Å². The molecule has 1 aliphatic heterocycles. The second-order valence-electron chi connectivity index (χ2n) is 5.81. The lowest BCUT2D eigenvalue weighted by atomic mass is 10.1. The highest BCUT2D eigenvalue weighted by molar-refractivity contribution is 6.04. The van der Waals surface area contributed by atoms with E-state index in [-0.39, 0.29) is 29.5 Å². The molecule has 10 heteroatoms. The number of hydrogen-bond donors (Lipinski definition) is 3. The molecule has 6 nitrogen and oxygen atoms in total. The lowest BCUT2D eigenvalue weighted by Crippen LogP contribution is -2.25. The van der Waals surface area contributed by atoms with Crippen molar-refractivity contribution in [1.82, 2.24) is 15.5 Å². The molecule has 0 radical (unpaired) electrons. The van der Waals surface area contributed by atoms with Crippen LogP contribution in [0.4, 0.5) is 18.9 Å². The van der Waals surface area contributed by atoms with Gasteiger partial charge in [0.25, 0.3) is 5.91 Å². The average molecular weight is 391 g/mol. The number of H-pyrrole nitrogens is 1. The summed E-state index contributed by atoms with van der Waals surface area (Å²) in [6, 6.07) is 4.64. The average Bonchev–Trinajstić information content (AvgIpc) is 2.98. The number of carbonyl (C=O) groups is 1. The summed E-state index contributed by atoms with van der Waals surface area (Å²) < 4.78 is 42.1. The molecule has 3 N–H and O–H groups in total. The Bertz CT molecular complexity index is 792. The molecule has 1 amide bonds.